The van der Waals surface area contributed by atoms with Gasteiger partial charge in [0.25, 0.3) is 0 Å². The van der Waals surface area contributed by atoms with Gasteiger partial charge in [0.05, 0.1) is 6.26 Å². The molecule has 1 aromatic rings. The van der Waals surface area contributed by atoms with E-state index in [0.717, 1.165) is 0 Å². The van der Waals surface area contributed by atoms with E-state index in [0.29, 0.717) is 0 Å². The molecule has 1 aromatic carbocycles. The maximum Gasteiger partial charge on any atom is 0.127 e. The maximum absolute atomic E-state index is 5.81. The van der Waals surface area contributed by atoms with Crippen LogP contribution in [0.1, 0.15) is 40.2 Å². The van der Waals surface area contributed by atoms with E-state index in [9.17, 15) is 0 Å². The lowest BCUT2D eigenvalue weighted by molar-refractivity contribution is 0.0536. The number of hydrogen-bond acceptors (Lipinski definition) is 1. The van der Waals surface area contributed by atoms with Crippen molar-refractivity contribution < 1.29 is 4.74 Å². The standard InChI is InChI=1S/C15H22O/c1-14(2,3)11-12-16-15(4,5)13-9-7-6-8-10-13/h6-12H,1-5H3. The van der Waals surface area contributed by atoms with E-state index in [1.54, 1.807) is 0 Å². The molecule has 0 fully saturated rings. The van der Waals surface area contributed by atoms with Crippen molar-refractivity contribution in [2.24, 2.45) is 5.41 Å². The minimum Gasteiger partial charge on any atom is -0.491 e. The summed E-state index contributed by atoms with van der Waals surface area (Å²) in [7, 11) is 0. The number of ether oxygens (including phenoxy) is 1. The molecular weight excluding hydrogens is 196 g/mol. The van der Waals surface area contributed by atoms with Gasteiger partial charge in [0, 0.05) is 0 Å². The number of hydrogen-bond donors (Lipinski definition) is 0. The molecule has 0 saturated carbocycles. The Hall–Kier alpha value is -1.24. The lowest BCUT2D eigenvalue weighted by Gasteiger charge is -2.25. The van der Waals surface area contributed by atoms with Crippen molar-refractivity contribution in [2.45, 2.75) is 40.2 Å². The average Bonchev–Trinajstić information content (AvgIpc) is 2.17. The van der Waals surface area contributed by atoms with Gasteiger partial charge in [-0.05, 0) is 30.9 Å². The van der Waals surface area contributed by atoms with E-state index < -0.39 is 0 Å². The Labute approximate surface area is 99.1 Å². The Morgan fingerprint density at radius 3 is 2.00 bits per heavy atom. The van der Waals surface area contributed by atoms with Crippen LogP contribution in [0.2, 0.25) is 0 Å². The Morgan fingerprint density at radius 1 is 0.938 bits per heavy atom. The van der Waals surface area contributed by atoms with Gasteiger partial charge in [-0.15, -0.1) is 0 Å². The molecule has 0 saturated heterocycles. The molecule has 1 nitrogen and oxygen atoms in total. The monoisotopic (exact) mass is 218 g/mol. The fraction of sp³-hybridized carbons (Fsp3) is 0.467. The molecular formula is C15H22O. The zero-order valence-electron chi connectivity index (χ0n) is 10.9. The van der Waals surface area contributed by atoms with Crippen LogP contribution >= 0.6 is 0 Å². The minimum absolute atomic E-state index is 0.159. The summed E-state index contributed by atoms with van der Waals surface area (Å²) in [5, 5.41) is 0. The Bertz CT molecular complexity index is 341. The lowest BCUT2D eigenvalue weighted by Crippen LogP contribution is -2.19. The first-order chi connectivity index (χ1) is 7.31. The predicted molar refractivity (Wildman–Crippen MR) is 69.1 cm³/mol. The second kappa shape index (κ2) is 4.73. The molecule has 0 spiro atoms. The summed E-state index contributed by atoms with van der Waals surface area (Å²) < 4.78 is 5.81. The molecule has 0 unspecified atom stereocenters. The Balaban J connectivity index is 2.70. The van der Waals surface area contributed by atoms with Crippen molar-refractivity contribution in [1.29, 1.82) is 0 Å². The highest BCUT2D eigenvalue weighted by Gasteiger charge is 2.20. The van der Waals surface area contributed by atoms with Gasteiger partial charge in [0.1, 0.15) is 5.60 Å². The van der Waals surface area contributed by atoms with Crippen LogP contribution in [0, 0.1) is 5.41 Å². The molecule has 0 aliphatic carbocycles. The molecule has 16 heavy (non-hydrogen) atoms. The maximum atomic E-state index is 5.81. The number of benzene rings is 1. The normalized spacial score (nSPS) is 13.1. The van der Waals surface area contributed by atoms with Crippen LogP contribution < -0.4 is 0 Å². The van der Waals surface area contributed by atoms with E-state index >= 15 is 0 Å². The van der Waals surface area contributed by atoms with Crippen LogP contribution in [0.5, 0.6) is 0 Å². The highest BCUT2D eigenvalue weighted by atomic mass is 16.5. The second-order valence-electron chi connectivity index (χ2n) is 5.66. The SMILES string of the molecule is CC(C)(C)C=COC(C)(C)c1ccccc1. The van der Waals surface area contributed by atoms with Gasteiger partial charge in [0.2, 0.25) is 0 Å². The second-order valence-corrected chi connectivity index (χ2v) is 5.66. The van der Waals surface area contributed by atoms with E-state index in [1.807, 2.05) is 24.5 Å². The van der Waals surface area contributed by atoms with Crippen molar-refractivity contribution in [3.8, 4) is 0 Å². The van der Waals surface area contributed by atoms with Gasteiger partial charge in [-0.25, -0.2) is 0 Å². The van der Waals surface area contributed by atoms with Crippen molar-refractivity contribution in [3.63, 3.8) is 0 Å². The van der Waals surface area contributed by atoms with Crippen LogP contribution in [0.15, 0.2) is 42.7 Å². The first kappa shape index (κ1) is 12.8. The molecule has 1 heteroatoms. The third kappa shape index (κ3) is 4.09. The summed E-state index contributed by atoms with van der Waals surface area (Å²) in [5.41, 5.74) is 1.07. The molecule has 0 radical (unpaired) electrons. The largest absolute Gasteiger partial charge is 0.491 e. The summed E-state index contributed by atoms with van der Waals surface area (Å²) in [6.45, 7) is 10.6. The fourth-order valence-corrected chi connectivity index (χ4v) is 1.32. The van der Waals surface area contributed by atoms with Crippen LogP contribution in [0.3, 0.4) is 0 Å². The first-order valence-corrected chi connectivity index (χ1v) is 5.72. The van der Waals surface area contributed by atoms with E-state index in [4.69, 9.17) is 4.74 Å². The van der Waals surface area contributed by atoms with Crippen LogP contribution in [0.4, 0.5) is 0 Å². The summed E-state index contributed by atoms with van der Waals surface area (Å²) in [6.07, 6.45) is 3.89. The van der Waals surface area contributed by atoms with Crippen molar-refractivity contribution in [3.05, 3.63) is 48.2 Å². The molecule has 0 atom stereocenters. The molecule has 0 heterocycles. The third-order valence-electron chi connectivity index (χ3n) is 2.40. The third-order valence-corrected chi connectivity index (χ3v) is 2.40. The zero-order chi connectivity index (χ0) is 12.2. The minimum atomic E-state index is -0.275. The average molecular weight is 218 g/mol. The van der Waals surface area contributed by atoms with Crippen molar-refractivity contribution in [1.82, 2.24) is 0 Å². The lowest BCUT2D eigenvalue weighted by atomic mass is 9.96. The summed E-state index contributed by atoms with van der Waals surface area (Å²) in [6, 6.07) is 10.3. The van der Waals surface area contributed by atoms with Crippen LogP contribution in [-0.2, 0) is 10.3 Å². The molecule has 0 amide bonds. The van der Waals surface area contributed by atoms with Gasteiger partial charge in [0.15, 0.2) is 0 Å². The van der Waals surface area contributed by atoms with E-state index in [-0.39, 0.29) is 11.0 Å². The van der Waals surface area contributed by atoms with Crippen LogP contribution in [-0.4, -0.2) is 0 Å². The Morgan fingerprint density at radius 2 is 1.50 bits per heavy atom. The fourth-order valence-electron chi connectivity index (χ4n) is 1.32. The van der Waals surface area contributed by atoms with Gasteiger partial charge < -0.3 is 4.74 Å². The number of rotatable bonds is 3. The summed E-state index contributed by atoms with van der Waals surface area (Å²) >= 11 is 0. The predicted octanol–water partition coefficient (Wildman–Crippen LogP) is 4.50. The van der Waals surface area contributed by atoms with E-state index in [1.165, 1.54) is 5.56 Å². The highest BCUT2D eigenvalue weighted by Crippen LogP contribution is 2.25. The molecule has 0 bridgehead atoms. The molecule has 0 aliphatic rings. The van der Waals surface area contributed by atoms with Crippen molar-refractivity contribution in [2.75, 3.05) is 0 Å². The topological polar surface area (TPSA) is 9.23 Å². The smallest absolute Gasteiger partial charge is 0.127 e. The zero-order valence-corrected chi connectivity index (χ0v) is 10.9. The molecule has 0 N–H and O–H groups in total. The van der Waals surface area contributed by atoms with Crippen molar-refractivity contribution >= 4 is 0 Å². The molecule has 0 aliphatic heterocycles. The van der Waals surface area contributed by atoms with Gasteiger partial charge in [-0.3, -0.25) is 0 Å². The Kier molecular flexibility index (Phi) is 3.79. The quantitative estimate of drug-likeness (QED) is 0.679. The van der Waals surface area contributed by atoms with Gasteiger partial charge in [-0.2, -0.15) is 0 Å². The van der Waals surface area contributed by atoms with Gasteiger partial charge in [-0.1, -0.05) is 51.1 Å². The van der Waals surface area contributed by atoms with Crippen LogP contribution in [0.25, 0.3) is 0 Å². The first-order valence-electron chi connectivity index (χ1n) is 5.72. The highest BCUT2D eigenvalue weighted by molar-refractivity contribution is 5.21. The molecule has 88 valence electrons. The molecule has 1 rings (SSSR count). The summed E-state index contributed by atoms with van der Waals surface area (Å²) in [5.74, 6) is 0. The summed E-state index contributed by atoms with van der Waals surface area (Å²) in [4.78, 5) is 0. The van der Waals surface area contributed by atoms with E-state index in [2.05, 4.69) is 52.8 Å². The number of allylic oxidation sites excluding steroid dienone is 1. The van der Waals surface area contributed by atoms with Gasteiger partial charge >= 0.3 is 0 Å². The molecule has 0 aromatic heterocycles.